The van der Waals surface area contributed by atoms with Crippen molar-refractivity contribution in [3.8, 4) is 11.3 Å². The summed E-state index contributed by atoms with van der Waals surface area (Å²) in [5.41, 5.74) is 10.8. The first-order valence-electron chi connectivity index (χ1n) is 16.9. The highest BCUT2D eigenvalue weighted by Gasteiger charge is 2.30. The molecule has 5 N–H and O–H groups in total. The lowest BCUT2D eigenvalue weighted by atomic mass is 9.89. The van der Waals surface area contributed by atoms with Gasteiger partial charge in [0.2, 0.25) is 0 Å². The number of carbonyl (C=O) groups is 1. The largest absolute Gasteiger partial charge is 0.409 e. The molecular weight excluding hydrogens is 604 g/mol. The number of oxime groups is 1. The molecular formula is C36H54N10O2. The third-order valence-electron chi connectivity index (χ3n) is 9.25. The van der Waals surface area contributed by atoms with Crippen LogP contribution < -0.4 is 16.4 Å². The number of anilines is 2. The van der Waals surface area contributed by atoms with E-state index in [9.17, 15) is 4.79 Å². The van der Waals surface area contributed by atoms with Crippen LogP contribution in [-0.4, -0.2) is 85.9 Å². The predicted molar refractivity (Wildman–Crippen MR) is 195 cm³/mol. The SMILES string of the molecule is C=C(C)C(C)(C)C.CC(C)/C=C/C(=N\O)NC(=O)Nc1ccc(-c2nn(C3CCN(C4CCN(C)CC4)CC3)c3ncnc(N)c23)cc1. The second kappa shape index (κ2) is 16.2. The number of nitrogens with zero attached hydrogens (tertiary/aromatic N) is 7. The smallest absolute Gasteiger partial charge is 0.324 e. The molecule has 12 nitrogen and oxygen atoms in total. The molecule has 0 unspecified atom stereocenters. The Morgan fingerprint density at radius 3 is 2.23 bits per heavy atom. The van der Waals surface area contributed by atoms with E-state index < -0.39 is 6.03 Å². The number of hydrogen-bond acceptors (Lipinski definition) is 9. The Kier molecular flexibility index (Phi) is 12.3. The maximum Gasteiger partial charge on any atom is 0.324 e. The first kappa shape index (κ1) is 36.5. The molecule has 4 heterocycles. The average molecular weight is 659 g/mol. The van der Waals surface area contributed by atoms with E-state index in [2.05, 4.69) is 76.9 Å². The number of fused-ring (bicyclic) bond motifs is 1. The molecule has 0 spiro atoms. The minimum Gasteiger partial charge on any atom is -0.409 e. The Balaban J connectivity index is 0.000000671. The summed E-state index contributed by atoms with van der Waals surface area (Å²) >= 11 is 0. The van der Waals surface area contributed by atoms with Crippen LogP contribution in [0, 0.1) is 11.3 Å². The van der Waals surface area contributed by atoms with Gasteiger partial charge in [0.1, 0.15) is 17.8 Å². The van der Waals surface area contributed by atoms with Gasteiger partial charge >= 0.3 is 6.03 Å². The molecule has 3 aromatic rings. The molecule has 0 aliphatic carbocycles. The fourth-order valence-corrected chi connectivity index (χ4v) is 5.68. The van der Waals surface area contributed by atoms with E-state index in [1.165, 1.54) is 37.8 Å². The standard InChI is InChI=1S/C29H40N10O2.C7H14/c1-19(2)4-9-24(36-41)34-29(40)33-21-7-5-20(6-8-21)26-25-27(30)31-18-32-28(25)39(35-26)23-12-16-38(17-13-23)22-10-14-37(3)15-11-22;1-6(2)7(3,4)5/h4-9,18-19,22-23,41H,10-17H2,1-3H3,(H2,30,31,32)(H2,33,34,36,40);1H2,2-5H3/b9-4+;. The predicted octanol–water partition coefficient (Wildman–Crippen LogP) is 6.54. The number of nitrogens with two attached hydrogens (primary N) is 1. The third kappa shape index (κ3) is 9.63. The molecule has 2 aliphatic heterocycles. The lowest BCUT2D eigenvalue weighted by Gasteiger charge is -2.41. The van der Waals surface area contributed by atoms with E-state index in [-0.39, 0.29) is 17.8 Å². The molecule has 2 aromatic heterocycles. The molecule has 260 valence electrons. The molecule has 2 saturated heterocycles. The number of nitrogen functional groups attached to an aromatic ring is 1. The van der Waals surface area contributed by atoms with Gasteiger partial charge in [0.15, 0.2) is 11.5 Å². The summed E-state index contributed by atoms with van der Waals surface area (Å²) in [5.74, 6) is 0.698. The van der Waals surface area contributed by atoms with Crippen molar-refractivity contribution in [1.29, 1.82) is 0 Å². The van der Waals surface area contributed by atoms with Crippen LogP contribution in [0.2, 0.25) is 0 Å². The summed E-state index contributed by atoms with van der Waals surface area (Å²) in [6.45, 7) is 20.8. The number of benzene rings is 1. The lowest BCUT2D eigenvalue weighted by molar-refractivity contribution is 0.0859. The second-order valence-corrected chi connectivity index (χ2v) is 14.3. The number of nitrogens with one attached hydrogen (secondary N) is 2. The number of hydrogen-bond donors (Lipinski definition) is 4. The highest BCUT2D eigenvalue weighted by atomic mass is 16.4. The maximum absolute atomic E-state index is 12.4. The summed E-state index contributed by atoms with van der Waals surface area (Å²) in [7, 11) is 2.20. The van der Waals surface area contributed by atoms with Crippen molar-refractivity contribution < 1.29 is 10.0 Å². The molecule has 0 radical (unpaired) electrons. The Labute approximate surface area is 285 Å². The zero-order valence-corrected chi connectivity index (χ0v) is 29.7. The third-order valence-corrected chi connectivity index (χ3v) is 9.25. The number of urea groups is 1. The minimum atomic E-state index is -0.516. The van der Waals surface area contributed by atoms with Crippen LogP contribution in [-0.2, 0) is 0 Å². The minimum absolute atomic E-state index is 0.0532. The number of aromatic nitrogens is 4. The molecule has 2 amide bonds. The normalized spacial score (nSPS) is 17.5. The number of amides is 2. The number of allylic oxidation sites excluding steroid dienone is 2. The van der Waals surface area contributed by atoms with Gasteiger partial charge in [-0.1, -0.05) is 70.1 Å². The second-order valence-electron chi connectivity index (χ2n) is 14.3. The quantitative estimate of drug-likeness (QED) is 0.0767. The molecule has 0 bridgehead atoms. The van der Waals surface area contributed by atoms with Gasteiger partial charge in [-0.3, -0.25) is 5.32 Å². The number of rotatable bonds is 6. The van der Waals surface area contributed by atoms with Crippen LogP contribution in [0.25, 0.3) is 22.3 Å². The fraction of sp³-hybridized carbons (Fsp3) is 0.528. The van der Waals surface area contributed by atoms with Crippen molar-refractivity contribution in [2.45, 2.75) is 79.3 Å². The number of carbonyl (C=O) groups excluding carboxylic acids is 1. The summed E-state index contributed by atoms with van der Waals surface area (Å²) in [6, 6.07) is 7.74. The highest BCUT2D eigenvalue weighted by Crippen LogP contribution is 2.35. The number of amidine groups is 1. The van der Waals surface area contributed by atoms with Gasteiger partial charge < -0.3 is 26.1 Å². The molecule has 0 atom stereocenters. The molecule has 5 rings (SSSR count). The Bertz CT molecular complexity index is 1590. The van der Waals surface area contributed by atoms with Crippen LogP contribution >= 0.6 is 0 Å². The molecule has 2 aliphatic rings. The summed E-state index contributed by atoms with van der Waals surface area (Å²) in [5, 5.41) is 23.3. The fourth-order valence-electron chi connectivity index (χ4n) is 5.68. The first-order chi connectivity index (χ1) is 22.8. The Hall–Kier alpha value is -4.29. The van der Waals surface area contributed by atoms with E-state index in [1.54, 1.807) is 18.2 Å². The van der Waals surface area contributed by atoms with E-state index in [4.69, 9.17) is 16.0 Å². The van der Waals surface area contributed by atoms with Gasteiger partial charge in [-0.2, -0.15) is 5.10 Å². The Morgan fingerprint density at radius 2 is 1.67 bits per heavy atom. The van der Waals surface area contributed by atoms with Crippen molar-refractivity contribution in [2.75, 3.05) is 44.3 Å². The van der Waals surface area contributed by atoms with Gasteiger partial charge in [-0.15, -0.1) is 0 Å². The zero-order chi connectivity index (χ0) is 35.0. The Morgan fingerprint density at radius 1 is 1.06 bits per heavy atom. The lowest BCUT2D eigenvalue weighted by Crippen LogP contribution is -2.47. The van der Waals surface area contributed by atoms with Gasteiger partial charge in [-0.05, 0) is 82.3 Å². The zero-order valence-electron chi connectivity index (χ0n) is 29.7. The summed E-state index contributed by atoms with van der Waals surface area (Å²) in [4.78, 5) is 26.3. The van der Waals surface area contributed by atoms with E-state index in [1.807, 2.05) is 36.7 Å². The van der Waals surface area contributed by atoms with Crippen molar-refractivity contribution in [2.24, 2.45) is 16.5 Å². The van der Waals surface area contributed by atoms with Gasteiger partial charge in [0, 0.05) is 30.4 Å². The van der Waals surface area contributed by atoms with Gasteiger partial charge in [0.25, 0.3) is 0 Å². The maximum atomic E-state index is 12.4. The van der Waals surface area contributed by atoms with Crippen LogP contribution in [0.1, 0.15) is 73.3 Å². The number of likely N-dealkylation sites (tertiary alicyclic amines) is 2. The van der Waals surface area contributed by atoms with Crippen LogP contribution in [0.4, 0.5) is 16.3 Å². The topological polar surface area (TPSA) is 150 Å². The highest BCUT2D eigenvalue weighted by molar-refractivity contribution is 6.07. The van der Waals surface area contributed by atoms with Crippen LogP contribution in [0.5, 0.6) is 0 Å². The van der Waals surface area contributed by atoms with Crippen molar-refractivity contribution in [3.63, 3.8) is 0 Å². The molecule has 12 heteroatoms. The van der Waals surface area contributed by atoms with Crippen LogP contribution in [0.3, 0.4) is 0 Å². The molecule has 0 saturated carbocycles. The van der Waals surface area contributed by atoms with Crippen LogP contribution in [0.15, 0.2) is 60.1 Å². The molecule has 2 fully saturated rings. The average Bonchev–Trinajstić information content (AvgIpc) is 3.44. The first-order valence-corrected chi connectivity index (χ1v) is 16.9. The van der Waals surface area contributed by atoms with E-state index in [0.29, 0.717) is 23.0 Å². The van der Waals surface area contributed by atoms with Gasteiger partial charge in [0.05, 0.1) is 11.4 Å². The van der Waals surface area contributed by atoms with Crippen molar-refractivity contribution in [1.82, 2.24) is 34.9 Å². The molecule has 48 heavy (non-hydrogen) atoms. The summed E-state index contributed by atoms with van der Waals surface area (Å²) in [6.07, 6.45) is 9.36. The van der Waals surface area contributed by atoms with Gasteiger partial charge in [-0.25, -0.2) is 19.4 Å². The monoisotopic (exact) mass is 658 g/mol. The number of piperidine rings is 2. The summed E-state index contributed by atoms with van der Waals surface area (Å²) < 4.78 is 2.04. The van der Waals surface area contributed by atoms with E-state index >= 15 is 0 Å². The molecule has 1 aromatic carbocycles. The van der Waals surface area contributed by atoms with E-state index in [0.717, 1.165) is 48.2 Å². The van der Waals surface area contributed by atoms with Crippen molar-refractivity contribution >= 4 is 34.4 Å². The van der Waals surface area contributed by atoms with Crippen molar-refractivity contribution in [3.05, 3.63) is 54.9 Å².